The molecule has 1 aliphatic heterocycles. The summed E-state index contributed by atoms with van der Waals surface area (Å²) in [6.45, 7) is 0. The van der Waals surface area contributed by atoms with E-state index < -0.39 is 17.6 Å². The Morgan fingerprint density at radius 2 is 1.84 bits per heavy atom. The summed E-state index contributed by atoms with van der Waals surface area (Å²) in [5.41, 5.74) is 0.610. The summed E-state index contributed by atoms with van der Waals surface area (Å²) in [6.07, 6.45) is 1.33. The first-order chi connectivity index (χ1) is 11.9. The number of hydrogen-bond acceptors (Lipinski definition) is 4. The van der Waals surface area contributed by atoms with Crippen LogP contribution in [0.3, 0.4) is 0 Å². The van der Waals surface area contributed by atoms with Gasteiger partial charge in [-0.2, -0.15) is 0 Å². The highest BCUT2D eigenvalue weighted by molar-refractivity contribution is 7.80. The minimum Gasteiger partial charge on any atom is -0.506 e. The number of rotatable bonds is 2. The average molecular weight is 377 g/mol. The lowest BCUT2D eigenvalue weighted by atomic mass is 10.1. The van der Waals surface area contributed by atoms with E-state index in [1.54, 1.807) is 0 Å². The predicted molar refractivity (Wildman–Crippen MR) is 95.7 cm³/mol. The molecular formula is C17H10ClFN2O3S. The van der Waals surface area contributed by atoms with Gasteiger partial charge in [-0.05, 0) is 60.3 Å². The van der Waals surface area contributed by atoms with Crippen LogP contribution < -0.4 is 10.2 Å². The molecule has 2 N–H and O–H groups in total. The number of halogens is 2. The predicted octanol–water partition coefficient (Wildman–Crippen LogP) is 3.02. The van der Waals surface area contributed by atoms with E-state index in [1.807, 2.05) is 0 Å². The van der Waals surface area contributed by atoms with Gasteiger partial charge in [-0.3, -0.25) is 19.8 Å². The van der Waals surface area contributed by atoms with Gasteiger partial charge in [0.15, 0.2) is 5.11 Å². The number of amides is 2. The van der Waals surface area contributed by atoms with E-state index in [9.17, 15) is 19.1 Å². The summed E-state index contributed by atoms with van der Waals surface area (Å²) in [4.78, 5) is 26.0. The summed E-state index contributed by atoms with van der Waals surface area (Å²) >= 11 is 10.9. The first-order valence-electron chi connectivity index (χ1n) is 7.02. The number of carbonyl (C=O) groups excluding carboxylic acids is 2. The molecule has 0 atom stereocenters. The Kier molecular flexibility index (Phi) is 4.52. The molecule has 8 heteroatoms. The maximum absolute atomic E-state index is 13.1. The lowest BCUT2D eigenvalue weighted by Crippen LogP contribution is -2.54. The van der Waals surface area contributed by atoms with Gasteiger partial charge in [0.2, 0.25) is 0 Å². The van der Waals surface area contributed by atoms with Crippen molar-refractivity contribution in [1.82, 2.24) is 5.32 Å². The normalized spacial score (nSPS) is 16.3. The highest BCUT2D eigenvalue weighted by Gasteiger charge is 2.34. The highest BCUT2D eigenvalue weighted by Crippen LogP contribution is 2.26. The van der Waals surface area contributed by atoms with Crippen molar-refractivity contribution in [3.05, 3.63) is 64.4 Å². The lowest BCUT2D eigenvalue weighted by Gasteiger charge is -2.28. The Bertz CT molecular complexity index is 928. The zero-order valence-electron chi connectivity index (χ0n) is 12.5. The van der Waals surface area contributed by atoms with Crippen molar-refractivity contribution in [2.45, 2.75) is 0 Å². The number of thiocarbonyl (C=S) groups is 1. The lowest BCUT2D eigenvalue weighted by molar-refractivity contribution is -0.122. The smallest absolute Gasteiger partial charge is 0.270 e. The van der Waals surface area contributed by atoms with Crippen LogP contribution in [-0.2, 0) is 9.59 Å². The van der Waals surface area contributed by atoms with Crippen LogP contribution in [0.5, 0.6) is 5.75 Å². The van der Waals surface area contributed by atoms with Crippen molar-refractivity contribution in [3.8, 4) is 5.75 Å². The van der Waals surface area contributed by atoms with Gasteiger partial charge in [0.25, 0.3) is 11.8 Å². The van der Waals surface area contributed by atoms with Crippen molar-refractivity contribution >= 4 is 52.5 Å². The van der Waals surface area contributed by atoms with Crippen LogP contribution in [0.4, 0.5) is 10.1 Å². The molecule has 0 saturated carbocycles. The molecule has 3 rings (SSSR count). The fraction of sp³-hybridized carbons (Fsp3) is 0. The standard InChI is InChI=1S/C17H10ClFN2O3S/c18-13-8-9(1-6-14(13)22)7-12-15(23)20-17(25)21(16(12)24)11-4-2-10(19)3-5-11/h1-8,22H,(H,20,23,25). The molecule has 1 heterocycles. The fourth-order valence-corrected chi connectivity index (χ4v) is 2.73. The van der Waals surface area contributed by atoms with E-state index in [0.717, 1.165) is 4.90 Å². The molecule has 2 aromatic rings. The number of phenolic OH excluding ortho intramolecular Hbond substituents is 1. The molecule has 25 heavy (non-hydrogen) atoms. The second kappa shape index (κ2) is 6.62. The molecule has 5 nitrogen and oxygen atoms in total. The summed E-state index contributed by atoms with van der Waals surface area (Å²) in [5.74, 6) is -1.88. The molecule has 2 aromatic carbocycles. The van der Waals surface area contributed by atoms with Crippen molar-refractivity contribution in [2.24, 2.45) is 0 Å². The molecule has 1 saturated heterocycles. The van der Waals surface area contributed by atoms with Crippen LogP contribution in [0.25, 0.3) is 6.08 Å². The van der Waals surface area contributed by atoms with Crippen LogP contribution in [-0.4, -0.2) is 22.0 Å². The zero-order chi connectivity index (χ0) is 18.1. The number of nitrogens with one attached hydrogen (secondary N) is 1. The topological polar surface area (TPSA) is 69.6 Å². The molecule has 2 amide bonds. The molecule has 0 spiro atoms. The number of hydrogen-bond donors (Lipinski definition) is 2. The van der Waals surface area contributed by atoms with Crippen LogP contribution in [0.1, 0.15) is 5.56 Å². The Labute approximate surface area is 152 Å². The maximum Gasteiger partial charge on any atom is 0.270 e. The van der Waals surface area contributed by atoms with E-state index >= 15 is 0 Å². The number of carbonyl (C=O) groups is 2. The summed E-state index contributed by atoms with van der Waals surface area (Å²) in [7, 11) is 0. The number of nitrogens with zero attached hydrogens (tertiary/aromatic N) is 1. The van der Waals surface area contributed by atoms with E-state index in [1.165, 1.54) is 48.5 Å². The molecule has 0 unspecified atom stereocenters. The summed E-state index contributed by atoms with van der Waals surface area (Å²) in [6, 6.07) is 9.40. The first-order valence-corrected chi connectivity index (χ1v) is 7.81. The van der Waals surface area contributed by atoms with Crippen LogP contribution in [0, 0.1) is 5.82 Å². The molecule has 126 valence electrons. The monoisotopic (exact) mass is 376 g/mol. The maximum atomic E-state index is 13.1. The summed E-state index contributed by atoms with van der Waals surface area (Å²) < 4.78 is 13.1. The highest BCUT2D eigenvalue weighted by atomic mass is 35.5. The van der Waals surface area contributed by atoms with Gasteiger partial charge < -0.3 is 5.11 Å². The van der Waals surface area contributed by atoms with Crippen LogP contribution in [0.15, 0.2) is 48.0 Å². The van der Waals surface area contributed by atoms with E-state index in [2.05, 4.69) is 5.32 Å². The third-order valence-electron chi connectivity index (χ3n) is 3.47. The van der Waals surface area contributed by atoms with Gasteiger partial charge >= 0.3 is 0 Å². The van der Waals surface area contributed by atoms with Gasteiger partial charge in [-0.25, -0.2) is 4.39 Å². The molecule has 0 bridgehead atoms. The van der Waals surface area contributed by atoms with Gasteiger partial charge in [0.1, 0.15) is 17.1 Å². The average Bonchev–Trinajstić information content (AvgIpc) is 2.56. The molecule has 1 fully saturated rings. The Morgan fingerprint density at radius 1 is 1.16 bits per heavy atom. The first kappa shape index (κ1) is 17.1. The van der Waals surface area contributed by atoms with Gasteiger partial charge in [0.05, 0.1) is 10.7 Å². The van der Waals surface area contributed by atoms with E-state index in [-0.39, 0.29) is 21.5 Å². The zero-order valence-corrected chi connectivity index (χ0v) is 14.1. The third kappa shape index (κ3) is 3.38. The third-order valence-corrected chi connectivity index (χ3v) is 4.06. The minimum absolute atomic E-state index is 0.0870. The number of anilines is 1. The van der Waals surface area contributed by atoms with Crippen molar-refractivity contribution < 1.29 is 19.1 Å². The van der Waals surface area contributed by atoms with Crippen LogP contribution >= 0.6 is 23.8 Å². The molecular weight excluding hydrogens is 367 g/mol. The SMILES string of the molecule is O=C1NC(=S)N(c2ccc(F)cc2)C(=O)C1=Cc1ccc(O)c(Cl)c1. The largest absolute Gasteiger partial charge is 0.506 e. The van der Waals surface area contributed by atoms with Gasteiger partial charge in [-0.1, -0.05) is 17.7 Å². The van der Waals surface area contributed by atoms with E-state index in [0.29, 0.717) is 11.3 Å². The number of aromatic hydroxyl groups is 1. The number of benzene rings is 2. The minimum atomic E-state index is -0.655. The Balaban J connectivity index is 2.01. The Morgan fingerprint density at radius 3 is 2.48 bits per heavy atom. The van der Waals surface area contributed by atoms with E-state index in [4.69, 9.17) is 23.8 Å². The fourth-order valence-electron chi connectivity index (χ4n) is 2.26. The van der Waals surface area contributed by atoms with Gasteiger partial charge in [0, 0.05) is 0 Å². The van der Waals surface area contributed by atoms with Crippen molar-refractivity contribution in [1.29, 1.82) is 0 Å². The van der Waals surface area contributed by atoms with Crippen molar-refractivity contribution in [2.75, 3.05) is 4.90 Å². The van der Waals surface area contributed by atoms with Crippen molar-refractivity contribution in [3.63, 3.8) is 0 Å². The molecule has 0 aliphatic carbocycles. The second-order valence-corrected chi connectivity index (χ2v) is 5.94. The summed E-state index contributed by atoms with van der Waals surface area (Å²) in [5, 5.41) is 11.9. The van der Waals surface area contributed by atoms with Gasteiger partial charge in [-0.15, -0.1) is 0 Å². The number of phenols is 1. The molecule has 0 aromatic heterocycles. The quantitative estimate of drug-likeness (QED) is 0.480. The molecule has 1 aliphatic rings. The Hall–Kier alpha value is -2.77. The molecule has 0 radical (unpaired) electrons. The van der Waals surface area contributed by atoms with Crippen LogP contribution in [0.2, 0.25) is 5.02 Å². The second-order valence-electron chi connectivity index (χ2n) is 5.15.